The van der Waals surface area contributed by atoms with E-state index in [9.17, 15) is 30.7 Å². The maximum absolute atomic E-state index is 14.6. The van der Waals surface area contributed by atoms with Crippen LogP contribution >= 0.6 is 11.3 Å². The molecule has 0 aromatic carbocycles. The van der Waals surface area contributed by atoms with Gasteiger partial charge in [0.2, 0.25) is 0 Å². The van der Waals surface area contributed by atoms with Gasteiger partial charge < -0.3 is 4.74 Å². The molecule has 2 unspecified atom stereocenters. The highest BCUT2D eigenvalue weighted by molar-refractivity contribution is 7.10. The molecule has 0 amide bonds. The maximum Gasteiger partial charge on any atom is 0.427 e. The summed E-state index contributed by atoms with van der Waals surface area (Å²) in [6.45, 7) is 5.35. The topological polar surface area (TPSA) is 25.4 Å². The average Bonchev–Trinajstić information content (AvgIpc) is 3.41. The van der Waals surface area contributed by atoms with E-state index in [0.29, 0.717) is 16.9 Å². The van der Waals surface area contributed by atoms with Crippen LogP contribution in [0.25, 0.3) is 0 Å². The predicted molar refractivity (Wildman–Crippen MR) is 124 cm³/mol. The van der Waals surface area contributed by atoms with Crippen LogP contribution in [0.4, 0.5) is 30.7 Å². The average molecular weight is 541 g/mol. The SMILES string of the molecule is CCOC(C(F)(F)F)(C(F)(F)F)C1(CCc2ccc(F)s2)CCN(C(C)(CC)c2ccc(C)nc2)C1. The highest BCUT2D eigenvalue weighted by atomic mass is 32.1. The Hall–Kier alpha value is -1.72. The summed E-state index contributed by atoms with van der Waals surface area (Å²) < 4.78 is 106. The quantitative estimate of drug-likeness (QED) is 0.309. The van der Waals surface area contributed by atoms with E-state index in [2.05, 4.69) is 4.98 Å². The third kappa shape index (κ3) is 4.90. The van der Waals surface area contributed by atoms with Crippen LogP contribution in [-0.4, -0.2) is 47.5 Å². The number of halogens is 7. The van der Waals surface area contributed by atoms with Crippen molar-refractivity contribution >= 4 is 11.3 Å². The molecule has 2 aromatic rings. The molecule has 0 bridgehead atoms. The van der Waals surface area contributed by atoms with E-state index in [1.54, 1.807) is 24.1 Å². The van der Waals surface area contributed by atoms with Crippen molar-refractivity contribution in [3.63, 3.8) is 0 Å². The molecule has 202 valence electrons. The third-order valence-corrected chi connectivity index (χ3v) is 8.59. The fourth-order valence-corrected chi connectivity index (χ4v) is 6.23. The molecule has 3 heterocycles. The van der Waals surface area contributed by atoms with Gasteiger partial charge in [0, 0.05) is 40.9 Å². The molecule has 0 N–H and O–H groups in total. The monoisotopic (exact) mass is 540 g/mol. The van der Waals surface area contributed by atoms with Crippen molar-refractivity contribution < 1.29 is 35.5 Å². The zero-order valence-corrected chi connectivity index (χ0v) is 21.5. The Morgan fingerprint density at radius 1 is 1.06 bits per heavy atom. The lowest BCUT2D eigenvalue weighted by molar-refractivity contribution is -0.415. The second kappa shape index (κ2) is 10.2. The summed E-state index contributed by atoms with van der Waals surface area (Å²) in [4.78, 5) is 6.37. The van der Waals surface area contributed by atoms with Gasteiger partial charge in [-0.05, 0) is 76.8 Å². The molecule has 0 saturated carbocycles. The van der Waals surface area contributed by atoms with Gasteiger partial charge in [-0.15, -0.1) is 11.3 Å². The van der Waals surface area contributed by atoms with E-state index < -0.39 is 53.6 Å². The number of hydrogen-bond donors (Lipinski definition) is 0. The van der Waals surface area contributed by atoms with Gasteiger partial charge in [-0.25, -0.2) is 0 Å². The summed E-state index contributed by atoms with van der Waals surface area (Å²) in [5.74, 6) is 0. The molecule has 0 aliphatic carbocycles. The molecule has 1 aliphatic rings. The van der Waals surface area contributed by atoms with E-state index in [4.69, 9.17) is 4.74 Å². The lowest BCUT2D eigenvalue weighted by Crippen LogP contribution is -2.69. The first kappa shape index (κ1) is 28.8. The number of aromatic nitrogens is 1. The molecule has 2 aromatic heterocycles. The van der Waals surface area contributed by atoms with Crippen molar-refractivity contribution in [1.29, 1.82) is 0 Å². The Labute approximate surface area is 210 Å². The lowest BCUT2D eigenvalue weighted by atomic mass is 9.66. The van der Waals surface area contributed by atoms with Crippen molar-refractivity contribution in [2.75, 3.05) is 19.7 Å². The lowest BCUT2D eigenvalue weighted by Gasteiger charge is -2.50. The number of rotatable bonds is 9. The Kier molecular flexibility index (Phi) is 8.18. The molecule has 1 saturated heterocycles. The fourth-order valence-electron chi connectivity index (χ4n) is 5.50. The number of pyridine rings is 1. The first-order valence-electron chi connectivity index (χ1n) is 11.9. The zero-order valence-electron chi connectivity index (χ0n) is 20.7. The van der Waals surface area contributed by atoms with Crippen molar-refractivity contribution in [2.45, 2.75) is 76.9 Å². The molecule has 3 rings (SSSR count). The molecule has 0 spiro atoms. The Morgan fingerprint density at radius 3 is 2.19 bits per heavy atom. The molecule has 1 fully saturated rings. The van der Waals surface area contributed by atoms with E-state index in [1.165, 1.54) is 6.07 Å². The molecular weight excluding hydrogens is 509 g/mol. The van der Waals surface area contributed by atoms with Gasteiger partial charge >= 0.3 is 12.4 Å². The van der Waals surface area contributed by atoms with Gasteiger partial charge in [0.05, 0.1) is 0 Å². The minimum atomic E-state index is -5.72. The van der Waals surface area contributed by atoms with E-state index >= 15 is 0 Å². The molecule has 0 radical (unpaired) electrons. The van der Waals surface area contributed by atoms with Crippen molar-refractivity contribution in [2.24, 2.45) is 5.41 Å². The van der Waals surface area contributed by atoms with Crippen LogP contribution < -0.4 is 0 Å². The van der Waals surface area contributed by atoms with Gasteiger partial charge in [-0.3, -0.25) is 9.88 Å². The van der Waals surface area contributed by atoms with Crippen molar-refractivity contribution in [3.05, 3.63) is 51.7 Å². The minimum Gasteiger partial charge on any atom is -0.358 e. The van der Waals surface area contributed by atoms with E-state index in [0.717, 1.165) is 30.0 Å². The van der Waals surface area contributed by atoms with E-state index in [1.807, 2.05) is 19.9 Å². The number of aryl methyl sites for hydroxylation is 2. The summed E-state index contributed by atoms with van der Waals surface area (Å²) in [7, 11) is 0. The maximum atomic E-state index is 14.6. The predicted octanol–water partition coefficient (Wildman–Crippen LogP) is 7.44. The standard InChI is InChI=1S/C25H31F7N2OS/c1-5-21(4,18-8-7-17(3)33-15-18)34-14-13-22(16-34,12-11-19-9-10-20(26)36-19)23(35-6-2,24(27,28)29)25(30,31)32/h7-10,15H,5-6,11-14,16H2,1-4H3. The van der Waals surface area contributed by atoms with Crippen molar-refractivity contribution in [1.82, 2.24) is 9.88 Å². The first-order chi connectivity index (χ1) is 16.7. The van der Waals surface area contributed by atoms with E-state index in [-0.39, 0.29) is 19.4 Å². The van der Waals surface area contributed by atoms with Crippen LogP contribution in [0.1, 0.15) is 56.2 Å². The van der Waals surface area contributed by atoms with Crippen LogP contribution in [0.5, 0.6) is 0 Å². The van der Waals surface area contributed by atoms with Crippen LogP contribution in [0.2, 0.25) is 0 Å². The number of alkyl halides is 6. The first-order valence-corrected chi connectivity index (χ1v) is 12.7. The Balaban J connectivity index is 2.13. The molecule has 11 heteroatoms. The van der Waals surface area contributed by atoms with Gasteiger partial charge in [-0.1, -0.05) is 13.0 Å². The fraction of sp³-hybridized carbons (Fsp3) is 0.640. The molecular formula is C25H31F7N2OS. The summed E-state index contributed by atoms with van der Waals surface area (Å²) >= 11 is 0.726. The Morgan fingerprint density at radius 2 is 1.72 bits per heavy atom. The number of ether oxygens (including phenoxy) is 1. The summed E-state index contributed by atoms with van der Waals surface area (Å²) in [5.41, 5.74) is -6.08. The molecule has 3 nitrogen and oxygen atoms in total. The second-order valence-corrected chi connectivity index (χ2v) is 10.7. The zero-order chi connectivity index (χ0) is 27.0. The number of thiophene rings is 1. The van der Waals surface area contributed by atoms with Crippen LogP contribution in [-0.2, 0) is 16.7 Å². The van der Waals surface area contributed by atoms with Crippen LogP contribution in [0.15, 0.2) is 30.5 Å². The summed E-state index contributed by atoms with van der Waals surface area (Å²) in [6.07, 6.45) is -10.3. The van der Waals surface area contributed by atoms with Gasteiger partial charge in [0.15, 0.2) is 5.13 Å². The highest BCUT2D eigenvalue weighted by Gasteiger charge is 2.81. The number of nitrogens with zero attached hydrogens (tertiary/aromatic N) is 2. The van der Waals surface area contributed by atoms with Gasteiger partial charge in [0.25, 0.3) is 5.60 Å². The summed E-state index contributed by atoms with van der Waals surface area (Å²) in [6, 6.07) is 6.14. The van der Waals surface area contributed by atoms with Crippen LogP contribution in [0.3, 0.4) is 0 Å². The number of hydrogen-bond acceptors (Lipinski definition) is 4. The second-order valence-electron chi connectivity index (χ2n) is 9.58. The van der Waals surface area contributed by atoms with Gasteiger partial charge in [-0.2, -0.15) is 30.7 Å². The normalized spacial score (nSPS) is 21.6. The Bertz CT molecular complexity index is 1010. The smallest absolute Gasteiger partial charge is 0.358 e. The molecule has 36 heavy (non-hydrogen) atoms. The highest BCUT2D eigenvalue weighted by Crippen LogP contribution is 2.61. The minimum absolute atomic E-state index is 0.0119. The van der Waals surface area contributed by atoms with Crippen LogP contribution in [0, 0.1) is 17.5 Å². The third-order valence-electron chi connectivity index (χ3n) is 7.66. The number of likely N-dealkylation sites (tertiary alicyclic amines) is 1. The largest absolute Gasteiger partial charge is 0.427 e. The summed E-state index contributed by atoms with van der Waals surface area (Å²) in [5, 5.41) is -0.541. The van der Waals surface area contributed by atoms with Gasteiger partial charge in [0.1, 0.15) is 0 Å². The molecule has 1 aliphatic heterocycles. The van der Waals surface area contributed by atoms with Crippen molar-refractivity contribution in [3.8, 4) is 0 Å². The molecule has 2 atom stereocenters.